The lowest BCUT2D eigenvalue weighted by molar-refractivity contribution is 0.0956. The number of aromatic nitrogens is 1. The molecule has 126 valence electrons. The molecule has 0 fully saturated rings. The Morgan fingerprint density at radius 1 is 1.17 bits per heavy atom. The van der Waals surface area contributed by atoms with Crippen LogP contribution in [0.2, 0.25) is 0 Å². The van der Waals surface area contributed by atoms with Crippen LogP contribution in [0.1, 0.15) is 35.2 Å². The molecule has 3 N–H and O–H groups in total. The van der Waals surface area contributed by atoms with Crippen molar-refractivity contribution in [2.24, 2.45) is 0 Å². The van der Waals surface area contributed by atoms with Gasteiger partial charge in [-0.3, -0.25) is 4.79 Å². The number of pyridine rings is 1. The van der Waals surface area contributed by atoms with Crippen LogP contribution < -0.4 is 10.6 Å². The summed E-state index contributed by atoms with van der Waals surface area (Å²) < 4.78 is 0. The summed E-state index contributed by atoms with van der Waals surface area (Å²) in [5.74, 6) is 0.862. The lowest BCUT2D eigenvalue weighted by atomic mass is 9.97. The summed E-state index contributed by atoms with van der Waals surface area (Å²) in [5.41, 5.74) is 4.02. The third-order valence-electron chi connectivity index (χ3n) is 4.25. The Kier molecular flexibility index (Phi) is 5.43. The Morgan fingerprint density at radius 2 is 2.04 bits per heavy atom. The summed E-state index contributed by atoms with van der Waals surface area (Å²) >= 11 is 0. The number of nitrogens with one attached hydrogen (secondary N) is 2. The van der Waals surface area contributed by atoms with Crippen molar-refractivity contribution in [3.63, 3.8) is 0 Å². The zero-order chi connectivity index (χ0) is 16.8. The maximum absolute atomic E-state index is 12.0. The second kappa shape index (κ2) is 7.93. The molecule has 1 aliphatic heterocycles. The summed E-state index contributed by atoms with van der Waals surface area (Å²) in [6.45, 7) is 1.77. The number of unbranched alkanes of at least 4 members (excludes halogenated alkanes) is 1. The largest absolute Gasteiger partial charge is 0.396 e. The molecule has 0 unspecified atom stereocenters. The summed E-state index contributed by atoms with van der Waals surface area (Å²) in [6.07, 6.45) is 5.46. The van der Waals surface area contributed by atoms with Gasteiger partial charge in [0.25, 0.3) is 5.91 Å². The van der Waals surface area contributed by atoms with E-state index in [2.05, 4.69) is 21.7 Å². The van der Waals surface area contributed by atoms with Crippen molar-refractivity contribution in [3.8, 4) is 11.1 Å². The lowest BCUT2D eigenvalue weighted by Gasteiger charge is -2.09. The number of anilines is 1. The van der Waals surface area contributed by atoms with Gasteiger partial charge in [-0.2, -0.15) is 0 Å². The minimum Gasteiger partial charge on any atom is -0.396 e. The van der Waals surface area contributed by atoms with Crippen molar-refractivity contribution >= 4 is 11.7 Å². The van der Waals surface area contributed by atoms with E-state index in [1.165, 1.54) is 0 Å². The maximum atomic E-state index is 12.0. The summed E-state index contributed by atoms with van der Waals surface area (Å²) in [5, 5.41) is 14.9. The molecule has 5 nitrogen and oxygen atoms in total. The van der Waals surface area contributed by atoms with Crippen LogP contribution in [0.15, 0.2) is 36.5 Å². The van der Waals surface area contributed by atoms with Gasteiger partial charge in [0.05, 0.1) is 0 Å². The van der Waals surface area contributed by atoms with Crippen molar-refractivity contribution < 1.29 is 9.90 Å². The third kappa shape index (κ3) is 3.92. The number of hydrogen-bond acceptors (Lipinski definition) is 4. The molecule has 24 heavy (non-hydrogen) atoms. The summed E-state index contributed by atoms with van der Waals surface area (Å²) in [4.78, 5) is 16.4. The molecule has 3 rings (SSSR count). The number of amides is 1. The molecular weight excluding hydrogens is 302 g/mol. The van der Waals surface area contributed by atoms with Gasteiger partial charge >= 0.3 is 0 Å². The van der Waals surface area contributed by atoms with Crippen LogP contribution in [0, 0.1) is 0 Å². The minimum absolute atomic E-state index is 0.0228. The second-order valence-electron chi connectivity index (χ2n) is 6.02. The van der Waals surface area contributed by atoms with Gasteiger partial charge in [0.1, 0.15) is 5.82 Å². The van der Waals surface area contributed by atoms with Crippen molar-refractivity contribution in [1.29, 1.82) is 0 Å². The van der Waals surface area contributed by atoms with Crippen molar-refractivity contribution in [2.45, 2.75) is 25.7 Å². The molecule has 1 aromatic carbocycles. The molecule has 2 aromatic rings. The van der Waals surface area contributed by atoms with E-state index in [1.54, 1.807) is 0 Å². The monoisotopic (exact) mass is 325 g/mol. The quantitative estimate of drug-likeness (QED) is 0.714. The molecule has 0 bridgehead atoms. The zero-order valence-electron chi connectivity index (χ0n) is 13.7. The number of aryl methyl sites for hydroxylation is 1. The highest BCUT2D eigenvalue weighted by Gasteiger charge is 2.15. The second-order valence-corrected chi connectivity index (χ2v) is 6.02. The van der Waals surface area contributed by atoms with Crippen LogP contribution >= 0.6 is 0 Å². The van der Waals surface area contributed by atoms with Gasteiger partial charge in [-0.1, -0.05) is 12.1 Å². The smallest absolute Gasteiger partial charge is 0.251 e. The van der Waals surface area contributed by atoms with E-state index < -0.39 is 0 Å². The molecule has 0 saturated heterocycles. The zero-order valence-corrected chi connectivity index (χ0v) is 13.7. The van der Waals surface area contributed by atoms with E-state index >= 15 is 0 Å². The number of carbonyl (C=O) groups is 1. The average Bonchev–Trinajstić information content (AvgIpc) is 2.80. The molecule has 0 saturated carbocycles. The van der Waals surface area contributed by atoms with E-state index in [4.69, 9.17) is 5.11 Å². The van der Waals surface area contributed by atoms with Crippen LogP contribution in [0.4, 0.5) is 5.82 Å². The Morgan fingerprint density at radius 3 is 2.83 bits per heavy atom. The molecule has 5 heteroatoms. The number of nitrogens with zero attached hydrogens (tertiary/aromatic N) is 1. The maximum Gasteiger partial charge on any atom is 0.251 e. The number of aliphatic hydroxyl groups is 1. The van der Waals surface area contributed by atoms with E-state index in [1.807, 2.05) is 30.5 Å². The molecule has 1 aromatic heterocycles. The van der Waals surface area contributed by atoms with Gasteiger partial charge in [0.2, 0.25) is 0 Å². The third-order valence-corrected chi connectivity index (χ3v) is 4.25. The molecule has 0 atom stereocenters. The lowest BCUT2D eigenvalue weighted by Crippen LogP contribution is -2.22. The molecule has 2 heterocycles. The first kappa shape index (κ1) is 16.5. The number of rotatable bonds is 6. The van der Waals surface area contributed by atoms with Crippen molar-refractivity contribution in [1.82, 2.24) is 10.3 Å². The molecule has 0 spiro atoms. The molecular formula is C19H23N3O2. The van der Waals surface area contributed by atoms with Gasteiger partial charge < -0.3 is 15.7 Å². The minimum atomic E-state index is 0.0228. The van der Waals surface area contributed by atoms with Gasteiger partial charge in [-0.25, -0.2) is 4.98 Å². The van der Waals surface area contributed by atoms with Crippen LogP contribution in [-0.2, 0) is 6.42 Å². The summed E-state index contributed by atoms with van der Waals surface area (Å²) in [7, 11) is 0. The number of aliphatic hydroxyl groups excluding tert-OH is 1. The SMILES string of the molecule is O=C1NCCCc2cc(-c3ccc(NCCCCO)nc3)ccc21. The summed E-state index contributed by atoms with van der Waals surface area (Å²) in [6, 6.07) is 10.00. The normalized spacial score (nSPS) is 13.8. The molecule has 0 radical (unpaired) electrons. The van der Waals surface area contributed by atoms with E-state index in [0.29, 0.717) is 0 Å². The standard InChI is InChI=1S/C19H23N3O2/c23-11-2-1-9-20-18-8-6-16(13-22-18)14-5-7-17-15(12-14)4-3-10-21-19(17)24/h5-8,12-13,23H,1-4,9-11H2,(H,20,22)(H,21,24). The van der Waals surface area contributed by atoms with Crippen LogP contribution in [0.5, 0.6) is 0 Å². The van der Waals surface area contributed by atoms with Gasteiger partial charge in [-0.05, 0) is 55.0 Å². The predicted octanol–water partition coefficient (Wildman–Crippen LogP) is 2.61. The molecule has 1 amide bonds. The van der Waals surface area contributed by atoms with Gasteiger partial charge in [0.15, 0.2) is 0 Å². The highest BCUT2D eigenvalue weighted by atomic mass is 16.2. The van der Waals surface area contributed by atoms with Crippen LogP contribution in [0.3, 0.4) is 0 Å². The van der Waals surface area contributed by atoms with Crippen molar-refractivity contribution in [2.75, 3.05) is 25.0 Å². The fourth-order valence-corrected chi connectivity index (χ4v) is 2.90. The number of fused-ring (bicyclic) bond motifs is 1. The van der Waals surface area contributed by atoms with Crippen molar-refractivity contribution in [3.05, 3.63) is 47.7 Å². The van der Waals surface area contributed by atoms with Crippen LogP contribution in [-0.4, -0.2) is 35.7 Å². The van der Waals surface area contributed by atoms with Gasteiger partial charge in [-0.15, -0.1) is 0 Å². The molecule has 1 aliphatic rings. The number of carbonyl (C=O) groups excluding carboxylic acids is 1. The number of benzene rings is 1. The Bertz CT molecular complexity index is 698. The first-order chi connectivity index (χ1) is 11.8. The first-order valence-electron chi connectivity index (χ1n) is 8.50. The van der Waals surface area contributed by atoms with E-state index in [9.17, 15) is 4.79 Å². The molecule has 0 aliphatic carbocycles. The topological polar surface area (TPSA) is 74.2 Å². The Labute approximate surface area is 142 Å². The Hall–Kier alpha value is -2.40. The van der Waals surface area contributed by atoms with E-state index in [0.717, 1.165) is 66.8 Å². The fourth-order valence-electron chi connectivity index (χ4n) is 2.90. The fraction of sp³-hybridized carbons (Fsp3) is 0.368. The average molecular weight is 325 g/mol. The highest BCUT2D eigenvalue weighted by Crippen LogP contribution is 2.24. The van der Waals surface area contributed by atoms with Crippen LogP contribution in [0.25, 0.3) is 11.1 Å². The first-order valence-corrected chi connectivity index (χ1v) is 8.50. The number of hydrogen-bond donors (Lipinski definition) is 3. The highest BCUT2D eigenvalue weighted by molar-refractivity contribution is 5.96. The predicted molar refractivity (Wildman–Crippen MR) is 95.1 cm³/mol. The van der Waals surface area contributed by atoms with E-state index in [-0.39, 0.29) is 12.5 Å². The van der Waals surface area contributed by atoms with Gasteiger partial charge in [0, 0.05) is 37.0 Å². The Balaban J connectivity index is 1.72.